The molecule has 138 valence electrons. The van der Waals surface area contributed by atoms with Gasteiger partial charge in [-0.2, -0.15) is 0 Å². The van der Waals surface area contributed by atoms with Gasteiger partial charge in [0, 0.05) is 23.7 Å². The molecular formula is C18H20ClN3O4. The van der Waals surface area contributed by atoms with Crippen molar-refractivity contribution in [2.45, 2.75) is 6.04 Å². The Balaban J connectivity index is 2.22. The first kappa shape index (κ1) is 19.7. The Hall–Kier alpha value is -2.64. The van der Waals surface area contributed by atoms with Crippen LogP contribution in [0, 0.1) is 10.1 Å². The maximum Gasteiger partial charge on any atom is 0.270 e. The number of benzene rings is 2. The molecule has 2 aromatic carbocycles. The first-order chi connectivity index (χ1) is 12.3. The lowest BCUT2D eigenvalue weighted by molar-refractivity contribution is -0.384. The molecule has 2 rings (SSSR count). The number of amides is 1. The molecule has 0 fully saturated rings. The number of halogens is 1. The molecule has 2 aromatic rings. The molecule has 1 N–H and O–H groups in total. The van der Waals surface area contributed by atoms with Crippen LogP contribution in [0.1, 0.15) is 22.0 Å². The van der Waals surface area contributed by atoms with Crippen LogP contribution in [0.2, 0.25) is 5.02 Å². The summed E-state index contributed by atoms with van der Waals surface area (Å²) in [5.74, 6) is -0.184. The van der Waals surface area contributed by atoms with E-state index in [1.807, 2.05) is 37.2 Å². The van der Waals surface area contributed by atoms with Crippen molar-refractivity contribution in [3.8, 4) is 5.75 Å². The molecule has 0 unspecified atom stereocenters. The molecule has 8 heteroatoms. The number of nitrogens with zero attached hydrogens (tertiary/aromatic N) is 2. The van der Waals surface area contributed by atoms with Gasteiger partial charge < -0.3 is 15.0 Å². The number of non-ortho nitro benzene ring substituents is 1. The molecule has 0 aliphatic carbocycles. The monoisotopic (exact) mass is 377 g/mol. The lowest BCUT2D eigenvalue weighted by Crippen LogP contribution is -2.34. The number of carbonyl (C=O) groups is 1. The molecule has 0 heterocycles. The summed E-state index contributed by atoms with van der Waals surface area (Å²) in [6.07, 6.45) is 0. The molecule has 26 heavy (non-hydrogen) atoms. The Morgan fingerprint density at radius 3 is 2.58 bits per heavy atom. The van der Waals surface area contributed by atoms with Crippen LogP contribution < -0.4 is 10.1 Å². The number of rotatable bonds is 7. The highest BCUT2D eigenvalue weighted by Gasteiger charge is 2.21. The summed E-state index contributed by atoms with van der Waals surface area (Å²) in [4.78, 5) is 24.9. The molecule has 0 spiro atoms. The zero-order valence-electron chi connectivity index (χ0n) is 14.7. The Labute approximate surface area is 156 Å². The number of nitro benzene ring substituents is 1. The minimum absolute atomic E-state index is 0.110. The van der Waals surface area contributed by atoms with E-state index in [4.69, 9.17) is 16.3 Å². The fourth-order valence-corrected chi connectivity index (χ4v) is 2.85. The fourth-order valence-electron chi connectivity index (χ4n) is 2.59. The Morgan fingerprint density at radius 1 is 1.31 bits per heavy atom. The van der Waals surface area contributed by atoms with Crippen molar-refractivity contribution in [3.63, 3.8) is 0 Å². The molecule has 7 nitrogen and oxygen atoms in total. The van der Waals surface area contributed by atoms with Gasteiger partial charge in [-0.3, -0.25) is 14.9 Å². The smallest absolute Gasteiger partial charge is 0.270 e. The molecule has 0 aliphatic rings. The third-order valence-electron chi connectivity index (χ3n) is 3.98. The summed E-state index contributed by atoms with van der Waals surface area (Å²) in [5.41, 5.74) is 0.815. The van der Waals surface area contributed by atoms with Gasteiger partial charge in [0.2, 0.25) is 0 Å². The molecule has 0 aromatic heterocycles. The zero-order chi connectivity index (χ0) is 19.3. The van der Waals surface area contributed by atoms with Crippen LogP contribution in [0.25, 0.3) is 0 Å². The van der Waals surface area contributed by atoms with Crippen LogP contribution in [-0.4, -0.2) is 43.5 Å². The van der Waals surface area contributed by atoms with Gasteiger partial charge in [0.15, 0.2) is 0 Å². The van der Waals surface area contributed by atoms with E-state index >= 15 is 0 Å². The second-order valence-corrected chi connectivity index (χ2v) is 6.26. The maximum atomic E-state index is 12.6. The molecule has 1 atom stereocenters. The molecule has 0 saturated heterocycles. The topological polar surface area (TPSA) is 84.7 Å². The first-order valence-corrected chi connectivity index (χ1v) is 8.24. The summed E-state index contributed by atoms with van der Waals surface area (Å²) in [6, 6.07) is 11.2. The third kappa shape index (κ3) is 4.50. The molecule has 0 radical (unpaired) electrons. The Kier molecular flexibility index (Phi) is 6.54. The van der Waals surface area contributed by atoms with E-state index in [1.165, 1.54) is 25.3 Å². The maximum absolute atomic E-state index is 12.6. The third-order valence-corrected chi connectivity index (χ3v) is 4.33. The van der Waals surface area contributed by atoms with Crippen LogP contribution in [0.5, 0.6) is 5.75 Å². The van der Waals surface area contributed by atoms with Gasteiger partial charge in [0.05, 0.1) is 23.6 Å². The van der Waals surface area contributed by atoms with Crippen LogP contribution >= 0.6 is 11.6 Å². The highest BCUT2D eigenvalue weighted by molar-refractivity contribution is 6.31. The van der Waals surface area contributed by atoms with Crippen molar-refractivity contribution in [2.24, 2.45) is 0 Å². The molecule has 1 amide bonds. The molecule has 0 saturated carbocycles. The van der Waals surface area contributed by atoms with Gasteiger partial charge >= 0.3 is 0 Å². The number of hydrogen-bond donors (Lipinski definition) is 1. The number of likely N-dealkylation sites (N-methyl/N-ethyl adjacent to an activating group) is 1. The van der Waals surface area contributed by atoms with Crippen LogP contribution in [-0.2, 0) is 0 Å². The number of ether oxygens (including phenoxy) is 1. The van der Waals surface area contributed by atoms with E-state index in [0.29, 0.717) is 5.02 Å². The quantitative estimate of drug-likeness (QED) is 0.591. The van der Waals surface area contributed by atoms with Gasteiger partial charge in [-0.05, 0) is 31.8 Å². The predicted molar refractivity (Wildman–Crippen MR) is 99.9 cm³/mol. The molecule has 0 bridgehead atoms. The lowest BCUT2D eigenvalue weighted by Gasteiger charge is -2.26. The normalized spacial score (nSPS) is 11.9. The summed E-state index contributed by atoms with van der Waals surface area (Å²) >= 11 is 6.26. The van der Waals surface area contributed by atoms with Crippen LogP contribution in [0.3, 0.4) is 0 Å². The second-order valence-electron chi connectivity index (χ2n) is 5.85. The minimum atomic E-state index is -0.553. The SMILES string of the molecule is COc1ccc([N+](=O)[O-])cc1C(=O)NC[C@@H](c1ccccc1Cl)N(C)C. The Bertz CT molecular complexity index is 811. The standard InChI is InChI=1S/C18H20ClN3O4/c1-21(2)16(13-6-4-5-7-15(13)19)11-20-18(23)14-10-12(22(24)25)8-9-17(14)26-3/h4-10,16H,11H2,1-3H3,(H,20,23)/t16-/m0/s1. The summed E-state index contributed by atoms with van der Waals surface area (Å²) in [7, 11) is 5.17. The van der Waals surface area contributed by atoms with Crippen LogP contribution in [0.15, 0.2) is 42.5 Å². The van der Waals surface area contributed by atoms with Gasteiger partial charge in [0.1, 0.15) is 5.75 Å². The van der Waals surface area contributed by atoms with E-state index in [2.05, 4.69) is 5.32 Å². The number of methoxy groups -OCH3 is 1. The number of nitro groups is 1. The number of carbonyl (C=O) groups excluding carboxylic acids is 1. The highest BCUT2D eigenvalue weighted by Crippen LogP contribution is 2.27. The average molecular weight is 378 g/mol. The summed E-state index contributed by atoms with van der Waals surface area (Å²) in [6.45, 7) is 0.279. The Morgan fingerprint density at radius 2 is 2.00 bits per heavy atom. The molecular weight excluding hydrogens is 358 g/mol. The first-order valence-electron chi connectivity index (χ1n) is 7.86. The van der Waals surface area contributed by atoms with Crippen molar-refractivity contribution in [3.05, 3.63) is 68.7 Å². The van der Waals surface area contributed by atoms with E-state index in [1.54, 1.807) is 6.07 Å². The second kappa shape index (κ2) is 8.64. The predicted octanol–water partition coefficient (Wildman–Crippen LogP) is 3.29. The van der Waals surface area contributed by atoms with Crippen molar-refractivity contribution < 1.29 is 14.5 Å². The number of hydrogen-bond acceptors (Lipinski definition) is 5. The minimum Gasteiger partial charge on any atom is -0.496 e. The lowest BCUT2D eigenvalue weighted by atomic mass is 10.1. The highest BCUT2D eigenvalue weighted by atomic mass is 35.5. The number of nitrogens with one attached hydrogen (secondary N) is 1. The van der Waals surface area contributed by atoms with Crippen molar-refractivity contribution in [1.82, 2.24) is 10.2 Å². The van der Waals surface area contributed by atoms with Gasteiger partial charge in [-0.25, -0.2) is 0 Å². The van der Waals surface area contributed by atoms with E-state index in [-0.39, 0.29) is 29.6 Å². The largest absolute Gasteiger partial charge is 0.496 e. The summed E-state index contributed by atoms with van der Waals surface area (Å²) in [5, 5.41) is 14.4. The van der Waals surface area contributed by atoms with Crippen molar-refractivity contribution in [2.75, 3.05) is 27.7 Å². The van der Waals surface area contributed by atoms with E-state index in [9.17, 15) is 14.9 Å². The van der Waals surface area contributed by atoms with Gasteiger partial charge in [-0.15, -0.1) is 0 Å². The van der Waals surface area contributed by atoms with Crippen molar-refractivity contribution >= 4 is 23.2 Å². The average Bonchev–Trinajstić information content (AvgIpc) is 2.62. The molecule has 0 aliphatic heterocycles. The van der Waals surface area contributed by atoms with Gasteiger partial charge in [-0.1, -0.05) is 29.8 Å². The van der Waals surface area contributed by atoms with E-state index in [0.717, 1.165) is 5.56 Å². The van der Waals surface area contributed by atoms with Crippen molar-refractivity contribution in [1.29, 1.82) is 0 Å². The zero-order valence-corrected chi connectivity index (χ0v) is 15.5. The fraction of sp³-hybridized carbons (Fsp3) is 0.278. The van der Waals surface area contributed by atoms with Crippen LogP contribution in [0.4, 0.5) is 5.69 Å². The van der Waals surface area contributed by atoms with E-state index < -0.39 is 10.8 Å². The summed E-state index contributed by atoms with van der Waals surface area (Å²) < 4.78 is 5.14. The van der Waals surface area contributed by atoms with Gasteiger partial charge in [0.25, 0.3) is 11.6 Å².